The van der Waals surface area contributed by atoms with Gasteiger partial charge in [0.1, 0.15) is 0 Å². The van der Waals surface area contributed by atoms with Gasteiger partial charge in [0.2, 0.25) is 0 Å². The van der Waals surface area contributed by atoms with Crippen molar-refractivity contribution in [2.45, 2.75) is 33.2 Å². The highest BCUT2D eigenvalue weighted by Crippen LogP contribution is 2.18. The standard InChI is InChI=1S/C13H21NO/c1-5-12(9-15-4)14-13-8-10(2)6-7-11(13)3/h6-8,12,14H,5,9H2,1-4H3. The molecule has 1 aromatic carbocycles. The number of benzene rings is 1. The van der Waals surface area contributed by atoms with Crippen molar-refractivity contribution in [1.29, 1.82) is 0 Å². The fraction of sp³-hybridized carbons (Fsp3) is 0.538. The normalized spacial score (nSPS) is 12.5. The number of hydrogen-bond acceptors (Lipinski definition) is 2. The monoisotopic (exact) mass is 207 g/mol. The van der Waals surface area contributed by atoms with Crippen LogP contribution in [-0.2, 0) is 4.74 Å². The maximum atomic E-state index is 5.17. The second-order valence-electron chi connectivity index (χ2n) is 4.02. The van der Waals surface area contributed by atoms with E-state index in [2.05, 4.69) is 44.3 Å². The first-order valence-electron chi connectivity index (χ1n) is 5.50. The van der Waals surface area contributed by atoms with Gasteiger partial charge in [-0.2, -0.15) is 0 Å². The number of aryl methyl sites for hydroxylation is 2. The van der Waals surface area contributed by atoms with E-state index >= 15 is 0 Å². The third kappa shape index (κ3) is 3.56. The van der Waals surface area contributed by atoms with Crippen LogP contribution in [0.5, 0.6) is 0 Å². The first-order valence-corrected chi connectivity index (χ1v) is 5.50. The lowest BCUT2D eigenvalue weighted by molar-refractivity contribution is 0.184. The maximum Gasteiger partial charge on any atom is 0.0663 e. The zero-order valence-electron chi connectivity index (χ0n) is 10.1. The summed E-state index contributed by atoms with van der Waals surface area (Å²) < 4.78 is 5.17. The zero-order chi connectivity index (χ0) is 11.3. The van der Waals surface area contributed by atoms with E-state index < -0.39 is 0 Å². The summed E-state index contributed by atoms with van der Waals surface area (Å²) in [5.41, 5.74) is 3.80. The third-order valence-electron chi connectivity index (χ3n) is 2.61. The summed E-state index contributed by atoms with van der Waals surface area (Å²) in [5.74, 6) is 0. The molecule has 0 aliphatic carbocycles. The molecule has 0 aliphatic rings. The summed E-state index contributed by atoms with van der Waals surface area (Å²) >= 11 is 0. The predicted octanol–water partition coefficient (Wildman–Crippen LogP) is 3.14. The van der Waals surface area contributed by atoms with Crippen molar-refractivity contribution in [1.82, 2.24) is 0 Å². The number of methoxy groups -OCH3 is 1. The first-order chi connectivity index (χ1) is 7.17. The fourth-order valence-corrected chi connectivity index (χ4v) is 1.57. The Morgan fingerprint density at radius 1 is 1.33 bits per heavy atom. The Balaban J connectivity index is 2.73. The Morgan fingerprint density at radius 3 is 2.67 bits per heavy atom. The van der Waals surface area contributed by atoms with Crippen molar-refractivity contribution in [2.24, 2.45) is 0 Å². The molecule has 0 aromatic heterocycles. The Bertz CT molecular complexity index is 309. The number of rotatable bonds is 5. The van der Waals surface area contributed by atoms with Crippen molar-refractivity contribution in [3.63, 3.8) is 0 Å². The van der Waals surface area contributed by atoms with Crippen molar-refractivity contribution < 1.29 is 4.74 Å². The van der Waals surface area contributed by atoms with Crippen molar-refractivity contribution in [3.05, 3.63) is 29.3 Å². The van der Waals surface area contributed by atoms with Crippen LogP contribution in [0.15, 0.2) is 18.2 Å². The predicted molar refractivity (Wildman–Crippen MR) is 65.5 cm³/mol. The topological polar surface area (TPSA) is 21.3 Å². The molecule has 1 aromatic rings. The molecule has 1 unspecified atom stereocenters. The van der Waals surface area contributed by atoms with Crippen LogP contribution in [-0.4, -0.2) is 19.8 Å². The molecule has 0 spiro atoms. The zero-order valence-corrected chi connectivity index (χ0v) is 10.1. The van der Waals surface area contributed by atoms with Crippen LogP contribution in [0.25, 0.3) is 0 Å². The molecule has 0 heterocycles. The highest BCUT2D eigenvalue weighted by atomic mass is 16.5. The average Bonchev–Trinajstić information content (AvgIpc) is 2.22. The number of anilines is 1. The smallest absolute Gasteiger partial charge is 0.0663 e. The van der Waals surface area contributed by atoms with E-state index in [1.165, 1.54) is 16.8 Å². The van der Waals surface area contributed by atoms with E-state index in [4.69, 9.17) is 4.74 Å². The summed E-state index contributed by atoms with van der Waals surface area (Å²) in [6, 6.07) is 6.87. The van der Waals surface area contributed by atoms with Gasteiger partial charge < -0.3 is 10.1 Å². The Hall–Kier alpha value is -1.02. The Kier molecular flexibility index (Phi) is 4.63. The molecule has 1 N–H and O–H groups in total. The van der Waals surface area contributed by atoms with E-state index in [1.54, 1.807) is 7.11 Å². The molecular formula is C13H21NO. The van der Waals surface area contributed by atoms with Gasteiger partial charge in [0.15, 0.2) is 0 Å². The molecule has 1 rings (SSSR count). The minimum Gasteiger partial charge on any atom is -0.383 e. The van der Waals surface area contributed by atoms with E-state index in [0.717, 1.165) is 13.0 Å². The van der Waals surface area contributed by atoms with E-state index in [0.29, 0.717) is 6.04 Å². The van der Waals surface area contributed by atoms with Crippen LogP contribution in [0.4, 0.5) is 5.69 Å². The highest BCUT2D eigenvalue weighted by molar-refractivity contribution is 5.53. The van der Waals surface area contributed by atoms with E-state index in [-0.39, 0.29) is 0 Å². The molecule has 0 bridgehead atoms. The van der Waals surface area contributed by atoms with Crippen LogP contribution < -0.4 is 5.32 Å². The Morgan fingerprint density at radius 2 is 2.07 bits per heavy atom. The second kappa shape index (κ2) is 5.76. The van der Waals surface area contributed by atoms with Gasteiger partial charge >= 0.3 is 0 Å². The molecule has 84 valence electrons. The minimum atomic E-state index is 0.399. The van der Waals surface area contributed by atoms with Crippen LogP contribution in [0.1, 0.15) is 24.5 Å². The largest absolute Gasteiger partial charge is 0.383 e. The third-order valence-corrected chi connectivity index (χ3v) is 2.61. The van der Waals surface area contributed by atoms with Crippen molar-refractivity contribution >= 4 is 5.69 Å². The van der Waals surface area contributed by atoms with E-state index in [1.807, 2.05) is 0 Å². The van der Waals surface area contributed by atoms with Crippen LogP contribution in [0.2, 0.25) is 0 Å². The molecule has 15 heavy (non-hydrogen) atoms. The average molecular weight is 207 g/mol. The first kappa shape index (κ1) is 12.1. The van der Waals surface area contributed by atoms with Gasteiger partial charge in [0.25, 0.3) is 0 Å². The quantitative estimate of drug-likeness (QED) is 0.801. The summed E-state index contributed by atoms with van der Waals surface area (Å²) in [4.78, 5) is 0. The van der Waals surface area contributed by atoms with Crippen molar-refractivity contribution in [3.8, 4) is 0 Å². The minimum absolute atomic E-state index is 0.399. The van der Waals surface area contributed by atoms with Gasteiger partial charge in [-0.1, -0.05) is 19.1 Å². The van der Waals surface area contributed by atoms with Crippen LogP contribution >= 0.6 is 0 Å². The Labute approximate surface area is 92.6 Å². The second-order valence-corrected chi connectivity index (χ2v) is 4.02. The lowest BCUT2D eigenvalue weighted by Gasteiger charge is -2.19. The van der Waals surface area contributed by atoms with E-state index in [9.17, 15) is 0 Å². The lowest BCUT2D eigenvalue weighted by atomic mass is 10.1. The number of ether oxygens (including phenoxy) is 1. The van der Waals surface area contributed by atoms with Crippen LogP contribution in [0.3, 0.4) is 0 Å². The molecule has 1 atom stereocenters. The van der Waals surface area contributed by atoms with Gasteiger partial charge in [0, 0.05) is 18.8 Å². The van der Waals surface area contributed by atoms with Gasteiger partial charge in [0.05, 0.1) is 6.61 Å². The summed E-state index contributed by atoms with van der Waals surface area (Å²) in [7, 11) is 1.74. The molecule has 0 aliphatic heterocycles. The molecule has 0 saturated heterocycles. The number of nitrogens with one attached hydrogen (secondary N) is 1. The molecule has 2 nitrogen and oxygen atoms in total. The molecule has 0 saturated carbocycles. The molecule has 0 radical (unpaired) electrons. The molecule has 0 amide bonds. The van der Waals surface area contributed by atoms with Crippen molar-refractivity contribution in [2.75, 3.05) is 19.0 Å². The van der Waals surface area contributed by atoms with Gasteiger partial charge in [-0.15, -0.1) is 0 Å². The summed E-state index contributed by atoms with van der Waals surface area (Å²) in [6.45, 7) is 7.16. The molecule has 2 heteroatoms. The fourth-order valence-electron chi connectivity index (χ4n) is 1.57. The maximum absolute atomic E-state index is 5.17. The van der Waals surface area contributed by atoms with Gasteiger partial charge in [-0.3, -0.25) is 0 Å². The van der Waals surface area contributed by atoms with Gasteiger partial charge in [-0.05, 0) is 37.5 Å². The SMILES string of the molecule is CCC(COC)Nc1cc(C)ccc1C. The number of hydrogen-bond donors (Lipinski definition) is 1. The molecule has 0 fully saturated rings. The van der Waals surface area contributed by atoms with Crippen LogP contribution in [0, 0.1) is 13.8 Å². The summed E-state index contributed by atoms with van der Waals surface area (Å²) in [5, 5.41) is 3.51. The highest BCUT2D eigenvalue weighted by Gasteiger charge is 2.06. The lowest BCUT2D eigenvalue weighted by Crippen LogP contribution is -2.24. The molecular weight excluding hydrogens is 186 g/mol. The summed E-state index contributed by atoms with van der Waals surface area (Å²) in [6.07, 6.45) is 1.07. The van der Waals surface area contributed by atoms with Gasteiger partial charge in [-0.25, -0.2) is 0 Å².